The van der Waals surface area contributed by atoms with Gasteiger partial charge in [0.2, 0.25) is 0 Å². The molecule has 5 fully saturated rings. The van der Waals surface area contributed by atoms with Crippen molar-refractivity contribution in [3.63, 3.8) is 0 Å². The van der Waals surface area contributed by atoms with Crippen molar-refractivity contribution in [2.45, 2.75) is 69.5 Å². The molecule has 2 saturated heterocycles. The normalized spacial score (nSPS) is 25.3. The number of hydrogen-bond donors (Lipinski definition) is 1. The Morgan fingerprint density at radius 2 is 1.69 bits per heavy atom. The predicted molar refractivity (Wildman–Crippen MR) is 118 cm³/mol. The first-order valence-corrected chi connectivity index (χ1v) is 12.7. The van der Waals surface area contributed by atoms with Gasteiger partial charge in [-0.05, 0) is 50.0 Å². The maximum Gasteiger partial charge on any atom is 0.393 e. The number of carbonyl (C=O) groups is 1. The maximum atomic E-state index is 12.9. The average molecular weight is 490 g/mol. The van der Waals surface area contributed by atoms with Crippen LogP contribution < -0.4 is 0 Å². The fourth-order valence-corrected chi connectivity index (χ4v) is 7.07. The van der Waals surface area contributed by atoms with Crippen LogP contribution in [-0.4, -0.2) is 73.1 Å². The molecule has 1 N–H and O–H groups in total. The third kappa shape index (κ3) is 3.91. The highest BCUT2D eigenvalue weighted by Gasteiger charge is 2.58. The number of alkyl halides is 3. The van der Waals surface area contributed by atoms with Crippen molar-refractivity contribution in [1.29, 1.82) is 0 Å². The molecule has 8 nitrogen and oxygen atoms in total. The highest BCUT2D eigenvalue weighted by atomic mass is 19.4. The molecule has 3 aliphatic carbocycles. The zero-order chi connectivity index (χ0) is 24.0. The topological polar surface area (TPSA) is 82.9 Å². The van der Waals surface area contributed by atoms with E-state index in [4.69, 9.17) is 4.98 Å². The van der Waals surface area contributed by atoms with E-state index in [0.717, 1.165) is 63.5 Å². The zero-order valence-corrected chi connectivity index (χ0v) is 19.6. The summed E-state index contributed by atoms with van der Waals surface area (Å²) in [4.78, 5) is 21.6. The first-order chi connectivity index (χ1) is 16.7. The SMILES string of the molecule is O=C(N1CC2(CC(Cn3cc(CC(F)(F)F)cn3)C2)C1)N1CC2(CC(c3nc(C4CC4)n[nH]3)C2)C1. The summed E-state index contributed by atoms with van der Waals surface area (Å²) < 4.78 is 39.2. The smallest absolute Gasteiger partial charge is 0.323 e. The van der Waals surface area contributed by atoms with E-state index in [-0.39, 0.29) is 22.4 Å². The van der Waals surface area contributed by atoms with Crippen molar-refractivity contribution >= 4 is 6.03 Å². The van der Waals surface area contributed by atoms with E-state index in [0.29, 0.717) is 24.3 Å². The summed E-state index contributed by atoms with van der Waals surface area (Å²) in [6, 6.07) is 0.160. The Morgan fingerprint density at radius 1 is 1.03 bits per heavy atom. The minimum atomic E-state index is -4.21. The largest absolute Gasteiger partial charge is 0.393 e. The van der Waals surface area contributed by atoms with E-state index in [1.54, 1.807) is 4.68 Å². The average Bonchev–Trinajstić information content (AvgIpc) is 3.24. The second-order valence-corrected chi connectivity index (χ2v) is 12.1. The fraction of sp³-hybridized carbons (Fsp3) is 0.750. The van der Waals surface area contributed by atoms with Crippen molar-refractivity contribution in [2.24, 2.45) is 16.7 Å². The van der Waals surface area contributed by atoms with Crippen molar-refractivity contribution < 1.29 is 18.0 Å². The fourth-order valence-electron chi connectivity index (χ4n) is 7.07. The number of nitrogens with one attached hydrogen (secondary N) is 1. The summed E-state index contributed by atoms with van der Waals surface area (Å²) in [5.74, 6) is 3.44. The van der Waals surface area contributed by atoms with Gasteiger partial charge in [0, 0.05) is 61.6 Å². The van der Waals surface area contributed by atoms with Crippen molar-refractivity contribution in [3.8, 4) is 0 Å². The van der Waals surface area contributed by atoms with E-state index in [2.05, 4.69) is 15.3 Å². The molecule has 188 valence electrons. The number of amides is 2. The van der Waals surface area contributed by atoms with Gasteiger partial charge in [-0.2, -0.15) is 23.4 Å². The summed E-state index contributed by atoms with van der Waals surface area (Å²) in [6.45, 7) is 3.94. The monoisotopic (exact) mass is 489 g/mol. The van der Waals surface area contributed by atoms with E-state index >= 15 is 0 Å². The Morgan fingerprint density at radius 3 is 2.31 bits per heavy atom. The Hall–Kier alpha value is -2.59. The number of aromatic amines is 1. The van der Waals surface area contributed by atoms with E-state index in [1.807, 2.05) is 9.80 Å². The molecule has 4 heterocycles. The molecule has 0 atom stereocenters. The van der Waals surface area contributed by atoms with Crippen LogP contribution in [0.2, 0.25) is 0 Å². The van der Waals surface area contributed by atoms with Crippen LogP contribution in [0.4, 0.5) is 18.0 Å². The van der Waals surface area contributed by atoms with Gasteiger partial charge in [-0.25, -0.2) is 9.78 Å². The molecule has 2 amide bonds. The molecule has 2 aromatic heterocycles. The van der Waals surface area contributed by atoms with Crippen molar-refractivity contribution in [1.82, 2.24) is 34.8 Å². The molecule has 0 unspecified atom stereocenters. The van der Waals surface area contributed by atoms with Gasteiger partial charge in [-0.15, -0.1) is 0 Å². The van der Waals surface area contributed by atoms with Gasteiger partial charge in [0.1, 0.15) is 5.82 Å². The van der Waals surface area contributed by atoms with Gasteiger partial charge in [0.25, 0.3) is 0 Å². The van der Waals surface area contributed by atoms with Gasteiger partial charge in [0.15, 0.2) is 5.82 Å². The number of nitrogens with zero attached hydrogens (tertiary/aromatic N) is 6. The Bertz CT molecular complexity index is 1120. The molecule has 7 rings (SSSR count). The lowest BCUT2D eigenvalue weighted by Crippen LogP contribution is -2.71. The minimum absolute atomic E-state index is 0.160. The van der Waals surface area contributed by atoms with Gasteiger partial charge < -0.3 is 9.80 Å². The molecule has 0 radical (unpaired) electrons. The number of rotatable bonds is 5. The lowest BCUT2D eigenvalue weighted by atomic mass is 9.57. The molecule has 2 spiro atoms. The summed E-state index contributed by atoms with van der Waals surface area (Å²) in [5, 5.41) is 11.6. The molecular weight excluding hydrogens is 459 g/mol. The van der Waals surface area contributed by atoms with Crippen LogP contribution in [0, 0.1) is 16.7 Å². The number of likely N-dealkylation sites (tertiary alicyclic amines) is 2. The van der Waals surface area contributed by atoms with Crippen LogP contribution in [0.3, 0.4) is 0 Å². The lowest BCUT2D eigenvalue weighted by molar-refractivity contribution is -0.127. The van der Waals surface area contributed by atoms with Crippen LogP contribution in [0.5, 0.6) is 0 Å². The second-order valence-electron chi connectivity index (χ2n) is 12.1. The van der Waals surface area contributed by atoms with E-state index in [9.17, 15) is 18.0 Å². The maximum absolute atomic E-state index is 12.9. The number of H-pyrrole nitrogens is 1. The Balaban J connectivity index is 0.832. The van der Waals surface area contributed by atoms with Crippen LogP contribution in [0.15, 0.2) is 12.4 Å². The molecule has 3 saturated carbocycles. The van der Waals surface area contributed by atoms with Crippen molar-refractivity contribution in [2.75, 3.05) is 26.2 Å². The molecule has 35 heavy (non-hydrogen) atoms. The minimum Gasteiger partial charge on any atom is -0.323 e. The number of halogens is 3. The summed E-state index contributed by atoms with van der Waals surface area (Å²) >= 11 is 0. The summed E-state index contributed by atoms with van der Waals surface area (Å²) in [6.07, 6.45) is 4.28. The second kappa shape index (κ2) is 7.22. The number of aromatic nitrogens is 5. The summed E-state index contributed by atoms with van der Waals surface area (Å²) in [7, 11) is 0. The third-order valence-corrected chi connectivity index (χ3v) is 8.83. The lowest BCUT2D eigenvalue weighted by Gasteiger charge is -2.63. The van der Waals surface area contributed by atoms with Gasteiger partial charge in [-0.1, -0.05) is 0 Å². The van der Waals surface area contributed by atoms with Crippen molar-refractivity contribution in [3.05, 3.63) is 29.6 Å². The molecule has 2 aromatic rings. The first kappa shape index (κ1) is 21.7. The Labute approximate surface area is 201 Å². The quantitative estimate of drug-likeness (QED) is 0.695. The van der Waals surface area contributed by atoms with Crippen LogP contribution in [0.25, 0.3) is 0 Å². The van der Waals surface area contributed by atoms with Crippen LogP contribution >= 0.6 is 0 Å². The molecule has 11 heteroatoms. The predicted octanol–water partition coefficient (Wildman–Crippen LogP) is 3.70. The molecule has 0 bridgehead atoms. The third-order valence-electron chi connectivity index (χ3n) is 8.83. The van der Waals surface area contributed by atoms with Gasteiger partial charge in [0.05, 0.1) is 12.6 Å². The molecule has 2 aliphatic heterocycles. The van der Waals surface area contributed by atoms with Gasteiger partial charge >= 0.3 is 12.2 Å². The standard InChI is InChI=1S/C24H30F3N7O/c25-24(26,27)5-16-8-28-34(10-16)9-15-3-22(4-15)11-32(12-22)21(35)33-13-23(14-33)6-18(7-23)20-29-19(30-31-20)17-1-2-17/h8,10,15,17-18H,1-7,9,11-14H2,(H,29,30,31). The van der Waals surface area contributed by atoms with Crippen LogP contribution in [0.1, 0.15) is 67.6 Å². The molecule has 5 aliphatic rings. The van der Waals surface area contributed by atoms with E-state index in [1.165, 1.54) is 25.2 Å². The number of urea groups is 1. The first-order valence-electron chi connectivity index (χ1n) is 12.7. The molecular formula is C24H30F3N7O. The number of hydrogen-bond acceptors (Lipinski definition) is 4. The van der Waals surface area contributed by atoms with Gasteiger partial charge in [-0.3, -0.25) is 9.78 Å². The number of carbonyl (C=O) groups excluding carboxylic acids is 1. The van der Waals surface area contributed by atoms with Crippen LogP contribution in [-0.2, 0) is 13.0 Å². The zero-order valence-electron chi connectivity index (χ0n) is 19.6. The molecule has 0 aromatic carbocycles. The van der Waals surface area contributed by atoms with E-state index < -0.39 is 12.6 Å². The summed E-state index contributed by atoms with van der Waals surface area (Å²) in [5.41, 5.74) is 0.685. The Kier molecular flexibility index (Phi) is 4.47. The highest BCUT2D eigenvalue weighted by molar-refractivity contribution is 5.77. The highest BCUT2D eigenvalue weighted by Crippen LogP contribution is 2.57.